The third-order valence-corrected chi connectivity index (χ3v) is 6.31. The first-order chi connectivity index (χ1) is 17.2. The Kier molecular flexibility index (Phi) is 8.51. The molecule has 36 heavy (non-hydrogen) atoms. The van der Waals surface area contributed by atoms with Crippen LogP contribution in [0.3, 0.4) is 0 Å². The van der Waals surface area contributed by atoms with Crippen molar-refractivity contribution in [3.8, 4) is 6.07 Å². The largest absolute Gasteiger partial charge is 0.466 e. The van der Waals surface area contributed by atoms with Crippen molar-refractivity contribution in [3.63, 3.8) is 0 Å². The molecule has 2 aromatic carbocycles. The summed E-state index contributed by atoms with van der Waals surface area (Å²) < 4.78 is 10.1. The van der Waals surface area contributed by atoms with Crippen molar-refractivity contribution in [3.05, 3.63) is 80.7 Å². The first-order valence-electron chi connectivity index (χ1n) is 11.0. The second kappa shape index (κ2) is 11.4. The maximum Gasteiger partial charge on any atom is 0.355 e. The summed E-state index contributed by atoms with van der Waals surface area (Å²) >= 11 is 12.7. The molecule has 188 valence electrons. The molecule has 10 heteroatoms. The molecule has 8 nitrogen and oxygen atoms in total. The van der Waals surface area contributed by atoms with Gasteiger partial charge >= 0.3 is 11.9 Å². The molecular formula is C26H26Cl2N4O4. The van der Waals surface area contributed by atoms with E-state index in [4.69, 9.17) is 38.4 Å². The van der Waals surface area contributed by atoms with Crippen LogP contribution in [0.25, 0.3) is 0 Å². The van der Waals surface area contributed by atoms with Gasteiger partial charge in [-0.25, -0.2) is 9.59 Å². The molecule has 0 saturated heterocycles. The summed E-state index contributed by atoms with van der Waals surface area (Å²) in [7, 11) is 2.38. The highest BCUT2D eigenvalue weighted by Crippen LogP contribution is 2.46. The lowest BCUT2D eigenvalue weighted by Gasteiger charge is -2.37. The van der Waals surface area contributed by atoms with Gasteiger partial charge in [-0.1, -0.05) is 67.4 Å². The van der Waals surface area contributed by atoms with Crippen LogP contribution < -0.4 is 16.0 Å². The monoisotopic (exact) mass is 528 g/mol. The van der Waals surface area contributed by atoms with Gasteiger partial charge in [0.25, 0.3) is 0 Å². The minimum absolute atomic E-state index is 0.0511. The van der Waals surface area contributed by atoms with Crippen molar-refractivity contribution < 1.29 is 19.1 Å². The molecule has 0 bridgehead atoms. The predicted octanol–water partition coefficient (Wildman–Crippen LogP) is 4.96. The molecule has 0 fully saturated rings. The summed E-state index contributed by atoms with van der Waals surface area (Å²) in [6.45, 7) is 4.60. The maximum absolute atomic E-state index is 13.3. The Morgan fingerprint density at radius 2 is 1.72 bits per heavy atom. The summed E-state index contributed by atoms with van der Waals surface area (Å²) in [4.78, 5) is 27.7. The van der Waals surface area contributed by atoms with Crippen molar-refractivity contribution in [2.45, 2.75) is 19.8 Å². The summed E-state index contributed by atoms with van der Waals surface area (Å²) in [6.07, 6.45) is 0. The topological polar surface area (TPSA) is 118 Å². The van der Waals surface area contributed by atoms with Crippen LogP contribution in [0.2, 0.25) is 10.0 Å². The Morgan fingerprint density at radius 3 is 2.28 bits per heavy atom. The number of halogens is 2. The maximum atomic E-state index is 13.3. The third kappa shape index (κ3) is 5.13. The van der Waals surface area contributed by atoms with E-state index in [0.29, 0.717) is 23.5 Å². The molecule has 1 aliphatic rings. The van der Waals surface area contributed by atoms with Crippen LogP contribution in [-0.2, 0) is 19.1 Å². The number of carbonyl (C=O) groups is 2. The molecule has 3 rings (SSSR count). The van der Waals surface area contributed by atoms with Crippen molar-refractivity contribution in [2.75, 3.05) is 31.0 Å². The molecule has 0 aliphatic carbocycles. The Hall–Kier alpha value is -3.67. The smallest absolute Gasteiger partial charge is 0.355 e. The predicted molar refractivity (Wildman–Crippen MR) is 139 cm³/mol. The number of ether oxygens (including phenoxy) is 2. The molecule has 0 radical (unpaired) electrons. The van der Waals surface area contributed by atoms with Gasteiger partial charge in [0.15, 0.2) is 0 Å². The van der Waals surface area contributed by atoms with E-state index < -0.39 is 17.9 Å². The number of hydrogen-bond acceptors (Lipinski definition) is 8. The summed E-state index contributed by atoms with van der Waals surface area (Å²) in [5.74, 6) is -2.43. The molecule has 0 spiro atoms. The second-order valence-electron chi connectivity index (χ2n) is 8.39. The number of hydrogen-bond donors (Lipinski definition) is 2. The highest BCUT2D eigenvalue weighted by atomic mass is 35.5. The number of nitrogens with two attached hydrogens (primary N) is 1. The summed E-state index contributed by atoms with van der Waals surface area (Å²) in [6, 6.07) is 14.0. The fraction of sp³-hybridized carbons (Fsp3) is 0.269. The minimum atomic E-state index is -0.969. The van der Waals surface area contributed by atoms with E-state index in [-0.39, 0.29) is 38.6 Å². The highest BCUT2D eigenvalue weighted by molar-refractivity contribution is 6.42. The SMILES string of the molecule is COC(=O)C1=C(C(=O)OC)N(c2cc(Cl)c(Cl)cc2NCC(C)C)C(N)=C(C#N)C1c1ccccc1. The van der Waals surface area contributed by atoms with Gasteiger partial charge < -0.3 is 20.5 Å². The van der Waals surface area contributed by atoms with Gasteiger partial charge in [0, 0.05) is 6.54 Å². The van der Waals surface area contributed by atoms with Crippen LogP contribution >= 0.6 is 23.2 Å². The quantitative estimate of drug-likeness (QED) is 0.484. The zero-order valence-electron chi connectivity index (χ0n) is 20.3. The number of nitrogens with zero attached hydrogens (tertiary/aromatic N) is 2. The number of methoxy groups -OCH3 is 2. The fourth-order valence-electron chi connectivity index (χ4n) is 3.94. The summed E-state index contributed by atoms with van der Waals surface area (Å²) in [5, 5.41) is 13.9. The number of nitrogens with one attached hydrogen (secondary N) is 1. The van der Waals surface area contributed by atoms with Gasteiger partial charge in [-0.3, -0.25) is 4.90 Å². The van der Waals surface area contributed by atoms with Gasteiger partial charge in [-0.15, -0.1) is 0 Å². The average Bonchev–Trinajstić information content (AvgIpc) is 2.87. The zero-order valence-corrected chi connectivity index (χ0v) is 21.8. The van der Waals surface area contributed by atoms with E-state index in [2.05, 4.69) is 11.4 Å². The molecular weight excluding hydrogens is 503 g/mol. The Morgan fingerprint density at radius 1 is 1.11 bits per heavy atom. The number of nitriles is 1. The van der Waals surface area contributed by atoms with Crippen LogP contribution in [0.5, 0.6) is 0 Å². The Balaban J connectivity index is 2.43. The molecule has 0 amide bonds. The highest BCUT2D eigenvalue weighted by Gasteiger charge is 2.43. The third-order valence-electron chi connectivity index (χ3n) is 5.59. The standard InChI is InChI=1S/C26H26Cl2N4O4/c1-14(2)13-31-19-10-17(27)18(28)11-20(19)32-23(26(34)36-4)22(25(33)35-3)21(16(12-29)24(32)30)15-8-6-5-7-9-15/h5-11,14,21,31H,13,30H2,1-4H3. The van der Waals surface area contributed by atoms with E-state index >= 15 is 0 Å². The van der Waals surface area contributed by atoms with E-state index in [0.717, 1.165) is 0 Å². The first-order valence-corrected chi connectivity index (χ1v) is 11.8. The van der Waals surface area contributed by atoms with E-state index in [1.165, 1.54) is 25.2 Å². The summed E-state index contributed by atoms with van der Waals surface area (Å²) in [5.41, 5.74) is 7.71. The number of benzene rings is 2. The van der Waals surface area contributed by atoms with Crippen LogP contribution in [0, 0.1) is 17.2 Å². The first kappa shape index (κ1) is 26.9. The molecule has 0 saturated carbocycles. The molecule has 1 unspecified atom stereocenters. The molecule has 1 heterocycles. The lowest BCUT2D eigenvalue weighted by Crippen LogP contribution is -2.41. The van der Waals surface area contributed by atoms with E-state index in [9.17, 15) is 14.9 Å². The van der Waals surface area contributed by atoms with Gasteiger partial charge in [0.2, 0.25) is 0 Å². The number of rotatable bonds is 7. The lowest BCUT2D eigenvalue weighted by molar-refractivity contribution is -0.139. The van der Waals surface area contributed by atoms with Crippen molar-refractivity contribution >= 4 is 46.5 Å². The molecule has 2 aromatic rings. The van der Waals surface area contributed by atoms with Crippen molar-refractivity contribution in [1.29, 1.82) is 5.26 Å². The zero-order chi connectivity index (χ0) is 26.6. The average molecular weight is 529 g/mol. The molecule has 1 atom stereocenters. The minimum Gasteiger partial charge on any atom is -0.466 e. The van der Waals surface area contributed by atoms with Gasteiger partial charge in [-0.2, -0.15) is 5.26 Å². The van der Waals surface area contributed by atoms with Crippen LogP contribution in [0.4, 0.5) is 11.4 Å². The number of allylic oxidation sites excluding steroid dienone is 1. The van der Waals surface area contributed by atoms with Crippen LogP contribution in [0.1, 0.15) is 25.3 Å². The van der Waals surface area contributed by atoms with E-state index in [1.807, 2.05) is 13.8 Å². The van der Waals surface area contributed by atoms with Crippen molar-refractivity contribution in [2.24, 2.45) is 11.7 Å². The van der Waals surface area contributed by atoms with Gasteiger partial charge in [0.1, 0.15) is 11.5 Å². The van der Waals surface area contributed by atoms with Gasteiger partial charge in [-0.05, 0) is 23.6 Å². The molecule has 3 N–H and O–H groups in total. The number of carbonyl (C=O) groups excluding carboxylic acids is 2. The van der Waals surface area contributed by atoms with Crippen LogP contribution in [0.15, 0.2) is 65.1 Å². The van der Waals surface area contributed by atoms with E-state index in [1.54, 1.807) is 36.4 Å². The second-order valence-corrected chi connectivity index (χ2v) is 9.21. The van der Waals surface area contributed by atoms with Crippen LogP contribution in [-0.4, -0.2) is 32.7 Å². The number of esters is 2. The number of anilines is 2. The Bertz CT molecular complexity index is 1280. The van der Waals surface area contributed by atoms with Crippen molar-refractivity contribution in [1.82, 2.24) is 0 Å². The Labute approximate surface area is 219 Å². The molecule has 0 aromatic heterocycles. The fourth-order valence-corrected chi connectivity index (χ4v) is 4.26. The lowest BCUT2D eigenvalue weighted by atomic mass is 9.81. The van der Waals surface area contributed by atoms with Gasteiger partial charge in [0.05, 0.1) is 58.8 Å². The normalized spacial score (nSPS) is 15.6. The molecule has 1 aliphatic heterocycles.